The molecule has 1 aliphatic heterocycles. The maximum Gasteiger partial charge on any atom is 0.241 e. The third-order valence-corrected chi connectivity index (χ3v) is 2.24. The fourth-order valence-electron chi connectivity index (χ4n) is 1.42. The van der Waals surface area contributed by atoms with Crippen LogP contribution < -0.4 is 20.5 Å². The van der Waals surface area contributed by atoms with E-state index in [2.05, 4.69) is 5.32 Å². The molecular formula is C11H14N2O3. The van der Waals surface area contributed by atoms with E-state index >= 15 is 0 Å². The lowest BCUT2D eigenvalue weighted by Crippen LogP contribution is -2.32. The fraction of sp³-hybridized carbons (Fsp3) is 0.364. The molecule has 0 saturated heterocycles. The zero-order valence-electron chi connectivity index (χ0n) is 9.03. The zero-order chi connectivity index (χ0) is 11.5. The Morgan fingerprint density at radius 2 is 2.19 bits per heavy atom. The summed E-state index contributed by atoms with van der Waals surface area (Å²) in [5.41, 5.74) is 6.07. The summed E-state index contributed by atoms with van der Waals surface area (Å²) in [5.74, 6) is 0.971. The maximum atomic E-state index is 11.5. The van der Waals surface area contributed by atoms with Gasteiger partial charge in [0.15, 0.2) is 11.5 Å². The van der Waals surface area contributed by atoms with Crippen molar-refractivity contribution in [3.63, 3.8) is 0 Å². The lowest BCUT2D eigenvalue weighted by atomic mass is 10.2. The summed E-state index contributed by atoms with van der Waals surface area (Å²) in [6.45, 7) is 2.64. The summed E-state index contributed by atoms with van der Waals surface area (Å²) in [5, 5.41) is 2.70. The average Bonchev–Trinajstić information content (AvgIpc) is 2.29. The monoisotopic (exact) mass is 222 g/mol. The first-order valence-corrected chi connectivity index (χ1v) is 5.13. The lowest BCUT2D eigenvalue weighted by molar-refractivity contribution is -0.117. The quantitative estimate of drug-likeness (QED) is 0.774. The van der Waals surface area contributed by atoms with E-state index in [1.807, 2.05) is 0 Å². The Hall–Kier alpha value is -1.75. The van der Waals surface area contributed by atoms with Crippen LogP contribution in [-0.4, -0.2) is 25.2 Å². The number of fused-ring (bicyclic) bond motifs is 1. The second-order valence-corrected chi connectivity index (χ2v) is 3.61. The highest BCUT2D eigenvalue weighted by Crippen LogP contribution is 2.37. The Morgan fingerprint density at radius 1 is 1.44 bits per heavy atom. The van der Waals surface area contributed by atoms with Gasteiger partial charge in [0.05, 0.1) is 11.7 Å². The van der Waals surface area contributed by atoms with Gasteiger partial charge in [0.25, 0.3) is 0 Å². The van der Waals surface area contributed by atoms with Gasteiger partial charge in [-0.05, 0) is 19.1 Å². The first-order valence-electron chi connectivity index (χ1n) is 5.13. The Morgan fingerprint density at radius 3 is 2.94 bits per heavy atom. The lowest BCUT2D eigenvalue weighted by Gasteiger charge is -2.21. The van der Waals surface area contributed by atoms with Crippen molar-refractivity contribution >= 4 is 11.6 Å². The normalized spacial score (nSPS) is 15.4. The van der Waals surface area contributed by atoms with Crippen LogP contribution in [0.1, 0.15) is 6.92 Å². The number of hydrogen-bond donors (Lipinski definition) is 2. The first kappa shape index (κ1) is 10.8. The fourth-order valence-corrected chi connectivity index (χ4v) is 1.42. The summed E-state index contributed by atoms with van der Waals surface area (Å²) < 4.78 is 10.9. The highest BCUT2D eigenvalue weighted by atomic mass is 16.6. The highest BCUT2D eigenvalue weighted by Gasteiger charge is 2.17. The number of nitrogens with two attached hydrogens (primary N) is 1. The molecule has 1 heterocycles. The third kappa shape index (κ3) is 2.09. The van der Waals surface area contributed by atoms with Crippen molar-refractivity contribution in [3.05, 3.63) is 18.2 Å². The molecule has 0 aromatic heterocycles. The zero-order valence-corrected chi connectivity index (χ0v) is 9.03. The molecule has 16 heavy (non-hydrogen) atoms. The second-order valence-electron chi connectivity index (χ2n) is 3.61. The topological polar surface area (TPSA) is 73.6 Å². The summed E-state index contributed by atoms with van der Waals surface area (Å²) in [4.78, 5) is 11.5. The molecule has 1 aromatic carbocycles. The minimum absolute atomic E-state index is 0.248. The van der Waals surface area contributed by atoms with Gasteiger partial charge in [0.1, 0.15) is 13.2 Å². The highest BCUT2D eigenvalue weighted by molar-refractivity contribution is 5.96. The minimum atomic E-state index is -0.555. The molecule has 5 nitrogen and oxygen atoms in total. The summed E-state index contributed by atoms with van der Waals surface area (Å²) >= 11 is 0. The number of carbonyl (C=O) groups is 1. The number of ether oxygens (including phenoxy) is 2. The van der Waals surface area contributed by atoms with Gasteiger partial charge in [0, 0.05) is 0 Å². The molecule has 1 amide bonds. The Bertz CT molecular complexity index is 404. The second kappa shape index (κ2) is 4.40. The predicted octanol–water partition coefficient (Wildman–Crippen LogP) is 0.743. The van der Waals surface area contributed by atoms with E-state index in [1.54, 1.807) is 25.1 Å². The van der Waals surface area contributed by atoms with E-state index in [1.165, 1.54) is 0 Å². The Balaban J connectivity index is 2.24. The Kier molecular flexibility index (Phi) is 2.96. The molecule has 0 radical (unpaired) electrons. The van der Waals surface area contributed by atoms with Gasteiger partial charge in [-0.15, -0.1) is 0 Å². The van der Waals surface area contributed by atoms with E-state index in [4.69, 9.17) is 15.2 Å². The molecule has 0 aliphatic carbocycles. The first-order chi connectivity index (χ1) is 7.68. The molecule has 0 spiro atoms. The molecular weight excluding hydrogens is 208 g/mol. The van der Waals surface area contributed by atoms with Crippen LogP contribution in [0.2, 0.25) is 0 Å². The van der Waals surface area contributed by atoms with Gasteiger partial charge in [-0.2, -0.15) is 0 Å². The summed E-state index contributed by atoms with van der Waals surface area (Å²) in [6.07, 6.45) is 0. The minimum Gasteiger partial charge on any atom is -0.486 e. The number of hydrogen-bond acceptors (Lipinski definition) is 4. The molecule has 0 fully saturated rings. The van der Waals surface area contributed by atoms with Crippen LogP contribution in [0.25, 0.3) is 0 Å². The largest absolute Gasteiger partial charge is 0.486 e. The number of amides is 1. The van der Waals surface area contributed by atoms with Crippen molar-refractivity contribution in [2.45, 2.75) is 13.0 Å². The van der Waals surface area contributed by atoms with Gasteiger partial charge in [-0.1, -0.05) is 6.07 Å². The van der Waals surface area contributed by atoms with E-state index in [-0.39, 0.29) is 5.91 Å². The standard InChI is InChI=1S/C11H14N2O3/c1-7(12)11(14)13-8-3-2-4-9-10(8)16-6-5-15-9/h2-4,7H,5-6,12H2,1H3,(H,13,14)/t7-/m0/s1. The number of anilines is 1. The Labute approximate surface area is 93.5 Å². The summed E-state index contributed by atoms with van der Waals surface area (Å²) in [7, 11) is 0. The number of nitrogens with one attached hydrogen (secondary N) is 1. The third-order valence-electron chi connectivity index (χ3n) is 2.24. The van der Waals surface area contributed by atoms with Crippen LogP contribution in [-0.2, 0) is 4.79 Å². The molecule has 0 bridgehead atoms. The van der Waals surface area contributed by atoms with E-state index in [0.717, 1.165) is 0 Å². The molecule has 1 aromatic rings. The maximum absolute atomic E-state index is 11.5. The predicted molar refractivity (Wildman–Crippen MR) is 59.7 cm³/mol. The van der Waals surface area contributed by atoms with Crippen LogP contribution in [0, 0.1) is 0 Å². The smallest absolute Gasteiger partial charge is 0.241 e. The van der Waals surface area contributed by atoms with Crippen LogP contribution in [0.4, 0.5) is 5.69 Å². The van der Waals surface area contributed by atoms with Gasteiger partial charge < -0.3 is 20.5 Å². The van der Waals surface area contributed by atoms with Crippen molar-refractivity contribution in [2.75, 3.05) is 18.5 Å². The van der Waals surface area contributed by atoms with Crippen molar-refractivity contribution in [1.82, 2.24) is 0 Å². The van der Waals surface area contributed by atoms with Gasteiger partial charge >= 0.3 is 0 Å². The molecule has 1 atom stereocenters. The van der Waals surface area contributed by atoms with Crippen molar-refractivity contribution in [1.29, 1.82) is 0 Å². The molecule has 0 unspecified atom stereocenters. The van der Waals surface area contributed by atoms with Crippen LogP contribution in [0.3, 0.4) is 0 Å². The number of benzene rings is 1. The van der Waals surface area contributed by atoms with Gasteiger partial charge in [-0.25, -0.2) is 0 Å². The molecule has 5 heteroatoms. The van der Waals surface area contributed by atoms with Crippen LogP contribution in [0.15, 0.2) is 18.2 Å². The van der Waals surface area contributed by atoms with Gasteiger partial charge in [0.2, 0.25) is 5.91 Å². The molecule has 0 saturated carbocycles. The van der Waals surface area contributed by atoms with E-state index < -0.39 is 6.04 Å². The molecule has 86 valence electrons. The number of rotatable bonds is 2. The molecule has 1 aliphatic rings. The van der Waals surface area contributed by atoms with Crippen molar-refractivity contribution in [2.24, 2.45) is 5.73 Å². The van der Waals surface area contributed by atoms with E-state index in [9.17, 15) is 4.79 Å². The summed E-state index contributed by atoms with van der Waals surface area (Å²) in [6, 6.07) is 4.80. The van der Waals surface area contributed by atoms with Crippen LogP contribution in [0.5, 0.6) is 11.5 Å². The number of carbonyl (C=O) groups excluding carboxylic acids is 1. The van der Waals surface area contributed by atoms with Crippen LogP contribution >= 0.6 is 0 Å². The van der Waals surface area contributed by atoms with Gasteiger partial charge in [-0.3, -0.25) is 4.79 Å². The molecule has 3 N–H and O–H groups in total. The van der Waals surface area contributed by atoms with Crippen molar-refractivity contribution in [3.8, 4) is 11.5 Å². The van der Waals surface area contributed by atoms with E-state index in [0.29, 0.717) is 30.4 Å². The molecule has 2 rings (SSSR count). The SMILES string of the molecule is C[C@H](N)C(=O)Nc1cccc2c1OCCO2. The number of para-hydroxylation sites is 1. The average molecular weight is 222 g/mol. The van der Waals surface area contributed by atoms with Crippen molar-refractivity contribution < 1.29 is 14.3 Å².